The lowest BCUT2D eigenvalue weighted by Crippen LogP contribution is -1.91. The summed E-state index contributed by atoms with van der Waals surface area (Å²) in [5.41, 5.74) is 0.796. The first kappa shape index (κ1) is 18.8. The van der Waals surface area contributed by atoms with E-state index in [1.165, 1.54) is 6.42 Å². The molecule has 4 nitrogen and oxygen atoms in total. The van der Waals surface area contributed by atoms with Gasteiger partial charge in [0, 0.05) is 18.5 Å². The van der Waals surface area contributed by atoms with Crippen LogP contribution in [0.4, 0.5) is 0 Å². The molecule has 0 fully saturated rings. The Bertz CT molecular complexity index is 385. The number of hydrogen-bond donors (Lipinski definition) is 0. The van der Waals surface area contributed by atoms with Crippen molar-refractivity contribution in [2.75, 3.05) is 7.11 Å². The Balaban J connectivity index is 0. The van der Waals surface area contributed by atoms with E-state index >= 15 is 0 Å². The van der Waals surface area contributed by atoms with Gasteiger partial charge in [-0.05, 0) is 0 Å². The fraction of sp³-hybridized carbons (Fsp3) is 0.571. The van der Waals surface area contributed by atoms with Crippen LogP contribution in [0.3, 0.4) is 0 Å². The van der Waals surface area contributed by atoms with E-state index in [1.807, 2.05) is 33.8 Å². The quantitative estimate of drug-likeness (QED) is 0.764. The van der Waals surface area contributed by atoms with Gasteiger partial charge in [0.25, 0.3) is 0 Å². The minimum absolute atomic E-state index is 0.726. The van der Waals surface area contributed by atoms with Crippen molar-refractivity contribution in [1.29, 1.82) is 0 Å². The highest BCUT2D eigenvalue weighted by atomic mass is 16.5. The number of aromatic nitrogens is 3. The molecule has 0 aliphatic carbocycles. The molecule has 0 atom stereocenters. The highest BCUT2D eigenvalue weighted by Crippen LogP contribution is 2.09. The van der Waals surface area contributed by atoms with Crippen molar-refractivity contribution < 1.29 is 4.74 Å². The average Bonchev–Trinajstić information content (AvgIpc) is 2.91. The summed E-state index contributed by atoms with van der Waals surface area (Å²) < 4.78 is 6.66. The smallest absolute Gasteiger partial charge is 0.157 e. The van der Waals surface area contributed by atoms with E-state index < -0.39 is 0 Å². The number of nitrogens with zero attached hydrogens (tertiary/aromatic N) is 3. The van der Waals surface area contributed by atoms with Gasteiger partial charge >= 0.3 is 0 Å². The first-order chi connectivity index (χ1) is 8.81. The highest BCUT2D eigenvalue weighted by molar-refractivity contribution is 5.41. The van der Waals surface area contributed by atoms with Crippen molar-refractivity contribution in [2.45, 2.75) is 48.0 Å². The molecule has 0 spiro atoms. The number of hydrogen-bond acceptors (Lipinski definition) is 3. The zero-order valence-corrected chi connectivity index (χ0v) is 12.8. The maximum absolute atomic E-state index is 4.98. The Morgan fingerprint density at radius 3 is 2.22 bits per heavy atom. The van der Waals surface area contributed by atoms with Crippen LogP contribution >= 0.6 is 0 Å². The minimum atomic E-state index is 0.726. The highest BCUT2D eigenvalue weighted by Gasteiger charge is 1.95. The summed E-state index contributed by atoms with van der Waals surface area (Å²) in [6.07, 6.45) is 6.38. The van der Waals surface area contributed by atoms with Gasteiger partial charge in [0.2, 0.25) is 0 Å². The summed E-state index contributed by atoms with van der Waals surface area (Å²) in [5.74, 6) is 0.726. The fourth-order valence-corrected chi connectivity index (χ4v) is 0.905. The van der Waals surface area contributed by atoms with Gasteiger partial charge in [-0.2, -0.15) is 5.10 Å². The second kappa shape index (κ2) is 13.5. The third kappa shape index (κ3) is 6.89. The third-order valence-corrected chi connectivity index (χ3v) is 1.47. The molecule has 0 saturated carbocycles. The summed E-state index contributed by atoms with van der Waals surface area (Å²) in [6.45, 7) is 12.2. The Hall–Kier alpha value is -1.58. The van der Waals surface area contributed by atoms with Gasteiger partial charge in [0.1, 0.15) is 5.75 Å². The van der Waals surface area contributed by atoms with Crippen molar-refractivity contribution in [3.63, 3.8) is 0 Å². The molecule has 18 heavy (non-hydrogen) atoms. The molecule has 0 saturated heterocycles. The third-order valence-electron chi connectivity index (χ3n) is 1.47. The maximum atomic E-state index is 4.98. The van der Waals surface area contributed by atoms with Crippen LogP contribution in [0.15, 0.2) is 24.7 Å². The predicted octanol–water partition coefficient (Wildman–Crippen LogP) is 4.21. The summed E-state index contributed by atoms with van der Waals surface area (Å²) in [7, 11) is 1.61. The predicted molar refractivity (Wildman–Crippen MR) is 78.2 cm³/mol. The Morgan fingerprint density at radius 2 is 1.72 bits per heavy atom. The van der Waals surface area contributed by atoms with Crippen LogP contribution in [0.5, 0.6) is 5.75 Å². The molecule has 2 rings (SSSR count). The number of rotatable bonds is 1. The molecule has 0 amide bonds. The van der Waals surface area contributed by atoms with Crippen LogP contribution in [-0.4, -0.2) is 21.7 Å². The van der Waals surface area contributed by atoms with Gasteiger partial charge in [0.15, 0.2) is 5.65 Å². The molecule has 0 aliphatic rings. The minimum Gasteiger partial charge on any atom is -0.495 e. The number of fused-ring (bicyclic) bond motifs is 1. The van der Waals surface area contributed by atoms with Gasteiger partial charge in [-0.1, -0.05) is 48.0 Å². The number of methoxy groups -OCH3 is 1. The van der Waals surface area contributed by atoms with Crippen molar-refractivity contribution in [2.24, 2.45) is 0 Å². The van der Waals surface area contributed by atoms with Crippen LogP contribution in [0, 0.1) is 0 Å². The van der Waals surface area contributed by atoms with Gasteiger partial charge < -0.3 is 4.74 Å². The van der Waals surface area contributed by atoms with E-state index in [4.69, 9.17) is 4.74 Å². The van der Waals surface area contributed by atoms with Gasteiger partial charge in [0.05, 0.1) is 13.3 Å². The zero-order valence-electron chi connectivity index (χ0n) is 12.8. The lowest BCUT2D eigenvalue weighted by atomic mass is 10.5. The first-order valence-corrected chi connectivity index (χ1v) is 6.65. The fourth-order valence-electron chi connectivity index (χ4n) is 0.905. The van der Waals surface area contributed by atoms with E-state index in [9.17, 15) is 0 Å². The molecule has 104 valence electrons. The van der Waals surface area contributed by atoms with E-state index in [0.717, 1.165) is 11.4 Å². The topological polar surface area (TPSA) is 39.4 Å². The molecule has 0 radical (unpaired) electrons. The van der Waals surface area contributed by atoms with Gasteiger partial charge in [-0.15, -0.1) is 0 Å². The summed E-state index contributed by atoms with van der Waals surface area (Å²) in [5, 5.41) is 4.04. The average molecular weight is 253 g/mol. The Kier molecular flexibility index (Phi) is 14.1. The lowest BCUT2D eigenvalue weighted by Gasteiger charge is -1.97. The van der Waals surface area contributed by atoms with Crippen molar-refractivity contribution >= 4 is 5.65 Å². The van der Waals surface area contributed by atoms with Crippen LogP contribution in [0.25, 0.3) is 5.65 Å². The van der Waals surface area contributed by atoms with Gasteiger partial charge in [-0.25, -0.2) is 9.50 Å². The summed E-state index contributed by atoms with van der Waals surface area (Å²) >= 11 is 0. The summed E-state index contributed by atoms with van der Waals surface area (Å²) in [4.78, 5) is 4.05. The summed E-state index contributed by atoms with van der Waals surface area (Å²) in [6, 6.07) is 1.83. The van der Waals surface area contributed by atoms with E-state index in [-0.39, 0.29) is 0 Å². The van der Waals surface area contributed by atoms with Crippen molar-refractivity contribution in [1.82, 2.24) is 14.6 Å². The van der Waals surface area contributed by atoms with Gasteiger partial charge in [-0.3, -0.25) is 0 Å². The number of imidazole rings is 1. The molecule has 2 aromatic rings. The van der Waals surface area contributed by atoms with E-state index in [1.54, 1.807) is 30.2 Å². The van der Waals surface area contributed by atoms with Crippen LogP contribution in [0.1, 0.15) is 48.0 Å². The molecule has 2 aromatic heterocycles. The van der Waals surface area contributed by atoms with Crippen LogP contribution in [-0.2, 0) is 0 Å². The van der Waals surface area contributed by atoms with Crippen LogP contribution in [0.2, 0.25) is 0 Å². The monoisotopic (exact) mass is 253 g/mol. The molecule has 4 heteroatoms. The molecule has 2 heterocycles. The molecule has 0 aliphatic heterocycles. The zero-order chi connectivity index (χ0) is 14.4. The second-order valence-corrected chi connectivity index (χ2v) is 2.83. The Morgan fingerprint density at radius 1 is 1.17 bits per heavy atom. The molecular formula is C14H27N3O. The van der Waals surface area contributed by atoms with Crippen LogP contribution < -0.4 is 4.74 Å². The van der Waals surface area contributed by atoms with E-state index in [2.05, 4.69) is 23.9 Å². The molecular weight excluding hydrogens is 226 g/mol. The largest absolute Gasteiger partial charge is 0.495 e. The normalized spacial score (nSPS) is 7.94. The van der Waals surface area contributed by atoms with E-state index in [0.29, 0.717) is 0 Å². The number of ether oxygens (including phenoxy) is 1. The Labute approximate surface area is 111 Å². The second-order valence-electron chi connectivity index (χ2n) is 2.83. The maximum Gasteiger partial charge on any atom is 0.157 e. The molecule has 0 unspecified atom stereocenters. The molecule has 0 aromatic carbocycles. The first-order valence-electron chi connectivity index (χ1n) is 6.65. The van der Waals surface area contributed by atoms with Crippen molar-refractivity contribution in [3.8, 4) is 5.75 Å². The SMILES string of the molecule is CC.CC.CCC.COc1cnn2ccnc2c1. The molecule has 0 bridgehead atoms. The lowest BCUT2D eigenvalue weighted by molar-refractivity contribution is 0.411. The standard InChI is InChI=1S/C7H7N3O.C3H8.2C2H6/c1-11-6-4-7-8-2-3-10(7)9-5-6;1-3-2;2*1-2/h2-5H,1H3;3H2,1-2H3;2*1-2H3. The van der Waals surface area contributed by atoms with Crippen molar-refractivity contribution in [3.05, 3.63) is 24.7 Å². The molecule has 0 N–H and O–H groups in total.